The monoisotopic (exact) mass is 263 g/mol. The van der Waals surface area contributed by atoms with Crippen molar-refractivity contribution in [2.24, 2.45) is 0 Å². The number of rotatable bonds is 4. The lowest BCUT2D eigenvalue weighted by Crippen LogP contribution is -2.38. The summed E-state index contributed by atoms with van der Waals surface area (Å²) >= 11 is 0. The molecule has 3 nitrogen and oxygen atoms in total. The molecular weight excluding hydrogens is 238 g/mol. The minimum absolute atomic E-state index is 0.443. The van der Waals surface area contributed by atoms with Crippen LogP contribution >= 0.6 is 0 Å². The highest BCUT2D eigenvalue weighted by atomic mass is 16.5. The van der Waals surface area contributed by atoms with Crippen molar-refractivity contribution in [3.63, 3.8) is 0 Å². The molecule has 0 amide bonds. The summed E-state index contributed by atoms with van der Waals surface area (Å²) in [5, 5.41) is 0. The summed E-state index contributed by atoms with van der Waals surface area (Å²) in [7, 11) is 3.46. The van der Waals surface area contributed by atoms with Crippen molar-refractivity contribution in [2.75, 3.05) is 20.8 Å². The number of hydrogen-bond acceptors (Lipinski definition) is 3. The molecule has 0 saturated carbocycles. The molecule has 1 atom stereocenters. The highest BCUT2D eigenvalue weighted by Gasteiger charge is 2.28. The third-order valence-corrected chi connectivity index (χ3v) is 4.00. The van der Waals surface area contributed by atoms with Crippen LogP contribution in [-0.2, 0) is 0 Å². The minimum atomic E-state index is 0.443. The second-order valence-electron chi connectivity index (χ2n) is 5.45. The third-order valence-electron chi connectivity index (χ3n) is 4.00. The van der Waals surface area contributed by atoms with Crippen molar-refractivity contribution in [1.29, 1.82) is 0 Å². The molecule has 0 N–H and O–H groups in total. The molecule has 1 aliphatic rings. The van der Waals surface area contributed by atoms with Gasteiger partial charge in [-0.2, -0.15) is 0 Å². The zero-order chi connectivity index (χ0) is 13.8. The molecule has 0 bridgehead atoms. The highest BCUT2D eigenvalue weighted by Crippen LogP contribution is 2.38. The molecule has 0 spiro atoms. The standard InChI is InChI=1S/C16H25NO2/c1-12(2)17-10-6-5-7-15(17)14-11-13(18-3)8-9-16(14)19-4/h8-9,11-12,15H,5-7,10H2,1-4H3/t15-/m0/s1. The van der Waals surface area contributed by atoms with E-state index in [0.29, 0.717) is 12.1 Å². The number of methoxy groups -OCH3 is 2. The molecule has 1 aliphatic heterocycles. The Morgan fingerprint density at radius 1 is 1.16 bits per heavy atom. The quantitative estimate of drug-likeness (QED) is 0.828. The highest BCUT2D eigenvalue weighted by molar-refractivity contribution is 5.42. The molecule has 1 saturated heterocycles. The first-order chi connectivity index (χ1) is 9.17. The molecule has 106 valence electrons. The van der Waals surface area contributed by atoms with E-state index >= 15 is 0 Å². The second-order valence-corrected chi connectivity index (χ2v) is 5.45. The summed E-state index contributed by atoms with van der Waals surface area (Å²) in [6.07, 6.45) is 3.77. The molecule has 1 aromatic carbocycles. The molecule has 1 aromatic rings. The zero-order valence-electron chi connectivity index (χ0n) is 12.5. The number of hydrogen-bond donors (Lipinski definition) is 0. The van der Waals surface area contributed by atoms with E-state index in [4.69, 9.17) is 9.47 Å². The van der Waals surface area contributed by atoms with Crippen molar-refractivity contribution in [3.8, 4) is 11.5 Å². The van der Waals surface area contributed by atoms with Crippen LogP contribution in [-0.4, -0.2) is 31.7 Å². The molecule has 0 radical (unpaired) electrons. The third kappa shape index (κ3) is 3.03. The van der Waals surface area contributed by atoms with Crippen LogP contribution in [0.2, 0.25) is 0 Å². The van der Waals surface area contributed by atoms with Gasteiger partial charge in [0.05, 0.1) is 14.2 Å². The van der Waals surface area contributed by atoms with Gasteiger partial charge in [-0.25, -0.2) is 0 Å². The van der Waals surface area contributed by atoms with Gasteiger partial charge in [0.25, 0.3) is 0 Å². The molecule has 0 aliphatic carbocycles. The zero-order valence-corrected chi connectivity index (χ0v) is 12.5. The summed E-state index contributed by atoms with van der Waals surface area (Å²) in [5.41, 5.74) is 1.26. The van der Waals surface area contributed by atoms with E-state index in [9.17, 15) is 0 Å². The van der Waals surface area contributed by atoms with Gasteiger partial charge in [-0.1, -0.05) is 6.42 Å². The van der Waals surface area contributed by atoms with Crippen molar-refractivity contribution in [3.05, 3.63) is 23.8 Å². The lowest BCUT2D eigenvalue weighted by atomic mass is 9.93. The number of ether oxygens (including phenoxy) is 2. The van der Waals surface area contributed by atoms with Crippen LogP contribution in [0, 0.1) is 0 Å². The Balaban J connectivity index is 2.36. The summed E-state index contributed by atoms with van der Waals surface area (Å²) in [4.78, 5) is 2.57. The molecule has 0 aromatic heterocycles. The van der Waals surface area contributed by atoms with Gasteiger partial charge in [0.2, 0.25) is 0 Å². The van der Waals surface area contributed by atoms with E-state index in [1.54, 1.807) is 14.2 Å². The largest absolute Gasteiger partial charge is 0.497 e. The molecule has 19 heavy (non-hydrogen) atoms. The van der Waals surface area contributed by atoms with E-state index in [2.05, 4.69) is 24.8 Å². The maximum atomic E-state index is 5.54. The van der Waals surface area contributed by atoms with Crippen LogP contribution in [0.1, 0.15) is 44.7 Å². The summed E-state index contributed by atoms with van der Waals surface area (Å²) in [6.45, 7) is 5.71. The molecule has 0 unspecified atom stereocenters. The predicted molar refractivity (Wildman–Crippen MR) is 78.0 cm³/mol. The maximum absolute atomic E-state index is 5.54. The average Bonchev–Trinajstić information content (AvgIpc) is 2.46. The molecule has 1 fully saturated rings. The van der Waals surface area contributed by atoms with E-state index in [1.807, 2.05) is 12.1 Å². The van der Waals surface area contributed by atoms with Crippen LogP contribution < -0.4 is 9.47 Å². The van der Waals surface area contributed by atoms with Crippen LogP contribution in [0.15, 0.2) is 18.2 Å². The van der Waals surface area contributed by atoms with Crippen molar-refractivity contribution < 1.29 is 9.47 Å². The van der Waals surface area contributed by atoms with Gasteiger partial charge < -0.3 is 9.47 Å². The van der Waals surface area contributed by atoms with Gasteiger partial charge in [0, 0.05) is 17.6 Å². The van der Waals surface area contributed by atoms with E-state index in [1.165, 1.54) is 31.4 Å². The van der Waals surface area contributed by atoms with Gasteiger partial charge in [-0.15, -0.1) is 0 Å². The Hall–Kier alpha value is -1.22. The molecule has 3 heteroatoms. The fraction of sp³-hybridized carbons (Fsp3) is 0.625. The lowest BCUT2D eigenvalue weighted by molar-refractivity contribution is 0.110. The Morgan fingerprint density at radius 2 is 1.95 bits per heavy atom. The summed E-state index contributed by atoms with van der Waals surface area (Å²) < 4.78 is 10.9. The number of piperidine rings is 1. The number of likely N-dealkylation sites (tertiary alicyclic amines) is 1. The first-order valence-corrected chi connectivity index (χ1v) is 7.15. The second kappa shape index (κ2) is 6.29. The predicted octanol–water partition coefficient (Wildman–Crippen LogP) is 3.64. The number of benzene rings is 1. The van der Waals surface area contributed by atoms with Gasteiger partial charge in [0.15, 0.2) is 0 Å². The Labute approximate surface area is 116 Å². The maximum Gasteiger partial charge on any atom is 0.123 e. The molecule has 2 rings (SSSR count). The van der Waals surface area contributed by atoms with Crippen molar-refractivity contribution >= 4 is 0 Å². The van der Waals surface area contributed by atoms with Crippen LogP contribution in [0.4, 0.5) is 0 Å². The Kier molecular flexibility index (Phi) is 4.70. The molecule has 1 heterocycles. The van der Waals surface area contributed by atoms with Crippen molar-refractivity contribution in [1.82, 2.24) is 4.90 Å². The summed E-state index contributed by atoms with van der Waals surface area (Å²) in [5.74, 6) is 1.88. The van der Waals surface area contributed by atoms with E-state index in [-0.39, 0.29) is 0 Å². The Morgan fingerprint density at radius 3 is 2.58 bits per heavy atom. The Bertz CT molecular complexity index is 417. The first kappa shape index (κ1) is 14.2. The van der Waals surface area contributed by atoms with Gasteiger partial charge in [-0.05, 0) is 51.4 Å². The normalized spacial score (nSPS) is 20.6. The first-order valence-electron chi connectivity index (χ1n) is 7.15. The smallest absolute Gasteiger partial charge is 0.123 e. The van der Waals surface area contributed by atoms with Gasteiger partial charge >= 0.3 is 0 Å². The van der Waals surface area contributed by atoms with Crippen molar-refractivity contribution in [2.45, 2.75) is 45.2 Å². The molecular formula is C16H25NO2. The fourth-order valence-corrected chi connectivity index (χ4v) is 3.01. The topological polar surface area (TPSA) is 21.7 Å². The average molecular weight is 263 g/mol. The number of nitrogens with zero attached hydrogens (tertiary/aromatic N) is 1. The minimum Gasteiger partial charge on any atom is -0.497 e. The van der Waals surface area contributed by atoms with Crippen LogP contribution in [0.3, 0.4) is 0 Å². The lowest BCUT2D eigenvalue weighted by Gasteiger charge is -2.39. The van der Waals surface area contributed by atoms with E-state index in [0.717, 1.165) is 11.5 Å². The van der Waals surface area contributed by atoms with E-state index < -0.39 is 0 Å². The van der Waals surface area contributed by atoms with Gasteiger partial charge in [-0.3, -0.25) is 4.90 Å². The van der Waals surface area contributed by atoms with Crippen LogP contribution in [0.5, 0.6) is 11.5 Å². The van der Waals surface area contributed by atoms with Gasteiger partial charge in [0.1, 0.15) is 11.5 Å². The SMILES string of the molecule is COc1ccc(OC)c([C@@H]2CCCCN2C(C)C)c1. The summed E-state index contributed by atoms with van der Waals surface area (Å²) in [6, 6.07) is 7.11. The fourth-order valence-electron chi connectivity index (χ4n) is 3.01. The van der Waals surface area contributed by atoms with Crippen LogP contribution in [0.25, 0.3) is 0 Å².